The highest BCUT2D eigenvalue weighted by Crippen LogP contribution is 2.66. The lowest BCUT2D eigenvalue weighted by atomic mass is 9.65. The standard InChI is InChI=1S/C74H44N2O/c1-7-26-57-49(18-1)50-19-2-8-27-58(50)73(57)60-29-10-4-22-55(60)71-62(73)31-17-35-67(71)75(46-40-38-45(39-41-46)48-24-16-37-69-70(48)56-23-6-14-36-68(56)77-69)47-42-43-52-51-20-3-9-28-59(51)74(64(52)44-47)61-30-11-13-34-66(61)76-65-33-12-5-21-53(65)54-25-15-32-63(74)72(54)76/h1-44H. The second-order valence-corrected chi connectivity index (χ2v) is 21.3. The summed E-state index contributed by atoms with van der Waals surface area (Å²) in [5.74, 6) is 0. The van der Waals surface area contributed by atoms with E-state index < -0.39 is 10.8 Å². The van der Waals surface area contributed by atoms with Gasteiger partial charge in [-0.3, -0.25) is 0 Å². The average Bonchev–Trinajstić information content (AvgIpc) is 4.46. The zero-order valence-corrected chi connectivity index (χ0v) is 41.7. The lowest BCUT2D eigenvalue weighted by Crippen LogP contribution is -2.33. The number of rotatable bonds is 4. The summed E-state index contributed by atoms with van der Waals surface area (Å²) in [6.07, 6.45) is 0. The van der Waals surface area contributed by atoms with Gasteiger partial charge in [0, 0.05) is 38.5 Å². The van der Waals surface area contributed by atoms with Gasteiger partial charge in [0.2, 0.25) is 0 Å². The van der Waals surface area contributed by atoms with Crippen molar-refractivity contribution in [1.29, 1.82) is 0 Å². The lowest BCUT2D eigenvalue weighted by Gasteiger charge is -2.40. The van der Waals surface area contributed by atoms with E-state index in [9.17, 15) is 0 Å². The number of benzene rings is 12. The normalized spacial score (nSPS) is 15.4. The third-order valence-corrected chi connectivity index (χ3v) is 18.0. The summed E-state index contributed by atoms with van der Waals surface area (Å²) in [6, 6.07) is 100. The minimum absolute atomic E-state index is 0.497. The highest BCUT2D eigenvalue weighted by atomic mass is 16.3. The molecule has 14 aromatic rings. The highest BCUT2D eigenvalue weighted by Gasteiger charge is 2.54. The first-order valence-electron chi connectivity index (χ1n) is 26.8. The minimum Gasteiger partial charge on any atom is -0.456 e. The van der Waals surface area contributed by atoms with Gasteiger partial charge < -0.3 is 13.9 Å². The number of furan rings is 1. The highest BCUT2D eigenvalue weighted by molar-refractivity contribution is 6.14. The Balaban J connectivity index is 0.925. The van der Waals surface area contributed by atoms with Crippen LogP contribution in [0, 0.1) is 0 Å². The summed E-state index contributed by atoms with van der Waals surface area (Å²) in [7, 11) is 0. The molecule has 18 rings (SSSR count). The Labute approximate surface area is 444 Å². The second kappa shape index (κ2) is 14.9. The molecule has 0 amide bonds. The fourth-order valence-corrected chi connectivity index (χ4v) is 15.2. The first-order valence-corrected chi connectivity index (χ1v) is 26.8. The van der Waals surface area contributed by atoms with Gasteiger partial charge in [0.25, 0.3) is 0 Å². The van der Waals surface area contributed by atoms with E-state index in [0.717, 1.165) is 50.1 Å². The molecule has 12 aromatic carbocycles. The molecule has 1 atom stereocenters. The molecule has 0 saturated carbocycles. The van der Waals surface area contributed by atoms with E-state index >= 15 is 0 Å². The quantitative estimate of drug-likeness (QED) is 0.175. The van der Waals surface area contributed by atoms with Gasteiger partial charge in [-0.2, -0.15) is 0 Å². The third-order valence-electron chi connectivity index (χ3n) is 18.0. The Morgan fingerprint density at radius 2 is 0.831 bits per heavy atom. The van der Waals surface area contributed by atoms with E-state index in [1.807, 2.05) is 6.07 Å². The Morgan fingerprint density at radius 1 is 0.325 bits per heavy atom. The number of para-hydroxylation sites is 4. The molecule has 2 aromatic heterocycles. The van der Waals surface area contributed by atoms with Gasteiger partial charge in [0.1, 0.15) is 11.2 Å². The van der Waals surface area contributed by atoms with Crippen molar-refractivity contribution in [1.82, 2.24) is 4.57 Å². The first-order chi connectivity index (χ1) is 38.2. The maximum Gasteiger partial charge on any atom is 0.136 e. The summed E-state index contributed by atoms with van der Waals surface area (Å²) in [5.41, 5.74) is 28.2. The monoisotopic (exact) mass is 976 g/mol. The van der Waals surface area contributed by atoms with Crippen molar-refractivity contribution in [3.8, 4) is 50.2 Å². The topological polar surface area (TPSA) is 21.3 Å². The van der Waals surface area contributed by atoms with Crippen LogP contribution in [-0.2, 0) is 10.8 Å². The predicted molar refractivity (Wildman–Crippen MR) is 315 cm³/mol. The van der Waals surface area contributed by atoms with Crippen LogP contribution in [0.3, 0.4) is 0 Å². The van der Waals surface area contributed by atoms with Crippen molar-refractivity contribution in [3.05, 3.63) is 311 Å². The molecule has 0 saturated heterocycles. The molecule has 1 unspecified atom stereocenters. The van der Waals surface area contributed by atoms with E-state index in [4.69, 9.17) is 4.42 Å². The molecule has 3 heteroatoms. The fraction of sp³-hybridized carbons (Fsp3) is 0.0270. The van der Waals surface area contributed by atoms with Crippen LogP contribution >= 0.6 is 0 Å². The van der Waals surface area contributed by atoms with Crippen LogP contribution in [0.25, 0.3) is 93.9 Å². The molecule has 0 fully saturated rings. The van der Waals surface area contributed by atoms with Crippen LogP contribution < -0.4 is 4.90 Å². The summed E-state index contributed by atoms with van der Waals surface area (Å²) in [4.78, 5) is 2.56. The van der Waals surface area contributed by atoms with Crippen molar-refractivity contribution in [2.24, 2.45) is 0 Å². The molecule has 3 aliphatic carbocycles. The zero-order chi connectivity index (χ0) is 50.1. The van der Waals surface area contributed by atoms with Crippen molar-refractivity contribution < 1.29 is 4.42 Å². The lowest BCUT2D eigenvalue weighted by molar-refractivity contribution is 0.669. The van der Waals surface area contributed by atoms with Crippen LogP contribution in [0.1, 0.15) is 44.5 Å². The molecule has 0 N–H and O–H groups in total. The molecule has 1 aliphatic heterocycles. The van der Waals surface area contributed by atoms with Gasteiger partial charge in [-0.25, -0.2) is 0 Å². The van der Waals surface area contributed by atoms with Crippen LogP contribution in [-0.4, -0.2) is 4.57 Å². The molecule has 3 nitrogen and oxygen atoms in total. The molecule has 4 aliphatic rings. The van der Waals surface area contributed by atoms with E-state index in [0.29, 0.717) is 0 Å². The Hall–Kier alpha value is -9.96. The van der Waals surface area contributed by atoms with E-state index in [-0.39, 0.29) is 0 Å². The molecule has 2 spiro atoms. The largest absolute Gasteiger partial charge is 0.456 e. The van der Waals surface area contributed by atoms with E-state index in [2.05, 4.69) is 270 Å². The number of anilines is 3. The number of hydrogen-bond donors (Lipinski definition) is 0. The first kappa shape index (κ1) is 41.4. The number of aromatic nitrogens is 1. The number of fused-ring (bicyclic) bond motifs is 25. The van der Waals surface area contributed by atoms with Gasteiger partial charge in [-0.05, 0) is 138 Å². The van der Waals surface area contributed by atoms with Gasteiger partial charge >= 0.3 is 0 Å². The molecule has 0 bridgehead atoms. The fourth-order valence-electron chi connectivity index (χ4n) is 15.2. The van der Waals surface area contributed by atoms with Crippen LogP contribution in [0.2, 0.25) is 0 Å². The molecule has 77 heavy (non-hydrogen) atoms. The van der Waals surface area contributed by atoms with E-state index in [1.54, 1.807) is 0 Å². The minimum atomic E-state index is -0.615. The van der Waals surface area contributed by atoms with E-state index in [1.165, 1.54) is 105 Å². The van der Waals surface area contributed by atoms with Gasteiger partial charge in [-0.1, -0.05) is 212 Å². The van der Waals surface area contributed by atoms with Crippen molar-refractivity contribution in [3.63, 3.8) is 0 Å². The summed E-state index contributed by atoms with van der Waals surface area (Å²) < 4.78 is 8.95. The summed E-state index contributed by atoms with van der Waals surface area (Å²) in [5, 5.41) is 4.81. The van der Waals surface area contributed by atoms with Gasteiger partial charge in [0.05, 0.1) is 33.2 Å². The van der Waals surface area contributed by atoms with Gasteiger partial charge in [0.15, 0.2) is 0 Å². The number of hydrogen-bond acceptors (Lipinski definition) is 2. The SMILES string of the molecule is c1ccc2c(c1)-c1ccccc1C21c2ccccc2-c2c(N(c3ccc(-c4cccc5oc6ccccc6c45)cc3)c3ccc4c(c3)C3(c5ccccc5-4)c4ccccc4-n4c5ccccc5c5cccc3c54)cccc21. The van der Waals surface area contributed by atoms with Crippen molar-refractivity contribution in [2.45, 2.75) is 10.8 Å². The molecular formula is C74H44N2O. The van der Waals surface area contributed by atoms with Crippen molar-refractivity contribution >= 4 is 60.8 Å². The molecule has 356 valence electrons. The van der Waals surface area contributed by atoms with Crippen LogP contribution in [0.5, 0.6) is 0 Å². The van der Waals surface area contributed by atoms with Crippen LogP contribution in [0.4, 0.5) is 17.1 Å². The Bertz CT molecular complexity index is 4850. The molecule has 0 radical (unpaired) electrons. The molecular weight excluding hydrogens is 933 g/mol. The predicted octanol–water partition coefficient (Wildman–Crippen LogP) is 18.8. The smallest absolute Gasteiger partial charge is 0.136 e. The van der Waals surface area contributed by atoms with Gasteiger partial charge in [-0.15, -0.1) is 0 Å². The number of nitrogens with zero attached hydrogens (tertiary/aromatic N) is 2. The summed E-state index contributed by atoms with van der Waals surface area (Å²) in [6.45, 7) is 0. The Kier molecular flexibility index (Phi) is 8.00. The third kappa shape index (κ3) is 5.03. The average molecular weight is 977 g/mol. The second-order valence-electron chi connectivity index (χ2n) is 21.3. The maximum absolute atomic E-state index is 6.42. The maximum atomic E-state index is 6.42. The van der Waals surface area contributed by atoms with Crippen molar-refractivity contribution in [2.75, 3.05) is 4.90 Å². The molecule has 3 heterocycles. The van der Waals surface area contributed by atoms with Crippen LogP contribution in [0.15, 0.2) is 271 Å². The Morgan fingerprint density at radius 3 is 1.58 bits per heavy atom. The zero-order valence-electron chi connectivity index (χ0n) is 41.7. The summed E-state index contributed by atoms with van der Waals surface area (Å²) >= 11 is 0.